The van der Waals surface area contributed by atoms with Gasteiger partial charge < -0.3 is 5.73 Å². The van der Waals surface area contributed by atoms with Crippen LogP contribution in [0.3, 0.4) is 0 Å². The summed E-state index contributed by atoms with van der Waals surface area (Å²) in [4.78, 5) is 1.36. The number of thiophene rings is 1. The van der Waals surface area contributed by atoms with Gasteiger partial charge in [-0.1, -0.05) is 18.5 Å². The Hall–Kier alpha value is -0.0500. The van der Waals surface area contributed by atoms with Gasteiger partial charge in [-0.3, -0.25) is 0 Å². The third kappa shape index (κ3) is 4.12. The third-order valence-electron chi connectivity index (χ3n) is 1.95. The van der Waals surface area contributed by atoms with Gasteiger partial charge in [0.2, 0.25) is 0 Å². The molecule has 2 unspecified atom stereocenters. The standard InChI is InChI=1S/C10H16ClNS/c1-7(5-8(2)12)6-9-3-4-10(11)13-9/h3-4,7-8H,5-6,12H2,1-2H3. The van der Waals surface area contributed by atoms with Gasteiger partial charge in [0.25, 0.3) is 0 Å². The van der Waals surface area contributed by atoms with Crippen molar-refractivity contribution in [1.29, 1.82) is 0 Å². The van der Waals surface area contributed by atoms with Crippen LogP contribution < -0.4 is 5.73 Å². The van der Waals surface area contributed by atoms with E-state index in [4.69, 9.17) is 17.3 Å². The van der Waals surface area contributed by atoms with Crippen LogP contribution in [0.2, 0.25) is 4.34 Å². The largest absolute Gasteiger partial charge is 0.328 e. The second-order valence-corrected chi connectivity index (χ2v) is 5.53. The smallest absolute Gasteiger partial charge is 0.0931 e. The Morgan fingerprint density at radius 1 is 1.46 bits per heavy atom. The summed E-state index contributed by atoms with van der Waals surface area (Å²) in [6.45, 7) is 4.29. The highest BCUT2D eigenvalue weighted by Crippen LogP contribution is 2.24. The van der Waals surface area contributed by atoms with Crippen LogP contribution >= 0.6 is 22.9 Å². The molecule has 3 heteroatoms. The lowest BCUT2D eigenvalue weighted by Gasteiger charge is -2.12. The first-order valence-corrected chi connectivity index (χ1v) is 5.77. The molecule has 13 heavy (non-hydrogen) atoms. The highest BCUT2D eigenvalue weighted by molar-refractivity contribution is 7.16. The molecule has 2 atom stereocenters. The molecule has 0 saturated heterocycles. The lowest BCUT2D eigenvalue weighted by atomic mass is 9.99. The Kier molecular flexibility index (Phi) is 4.23. The number of hydrogen-bond acceptors (Lipinski definition) is 2. The minimum absolute atomic E-state index is 0.297. The fraction of sp³-hybridized carbons (Fsp3) is 0.600. The molecule has 0 radical (unpaired) electrons. The molecule has 1 nitrogen and oxygen atoms in total. The number of rotatable bonds is 4. The Bertz CT molecular complexity index is 257. The number of nitrogens with two attached hydrogens (primary N) is 1. The maximum atomic E-state index is 5.84. The summed E-state index contributed by atoms with van der Waals surface area (Å²) in [5.74, 6) is 0.648. The fourth-order valence-corrected chi connectivity index (χ4v) is 2.77. The first kappa shape index (κ1) is 11.0. The van der Waals surface area contributed by atoms with Crippen LogP contribution in [0.1, 0.15) is 25.1 Å². The average molecular weight is 218 g/mol. The van der Waals surface area contributed by atoms with Crippen LogP contribution in [0, 0.1) is 5.92 Å². The topological polar surface area (TPSA) is 26.0 Å². The van der Waals surface area contributed by atoms with E-state index in [2.05, 4.69) is 19.9 Å². The summed E-state index contributed by atoms with van der Waals surface area (Å²) in [5, 5.41) is 0. The van der Waals surface area contributed by atoms with Crippen molar-refractivity contribution in [3.8, 4) is 0 Å². The van der Waals surface area contributed by atoms with Crippen molar-refractivity contribution in [2.24, 2.45) is 11.7 Å². The third-order valence-corrected chi connectivity index (χ3v) is 3.21. The second-order valence-electron chi connectivity index (χ2n) is 3.73. The lowest BCUT2D eigenvalue weighted by Crippen LogP contribution is -2.19. The minimum Gasteiger partial charge on any atom is -0.328 e. The molecule has 0 aliphatic heterocycles. The highest BCUT2D eigenvalue weighted by atomic mass is 35.5. The molecular weight excluding hydrogens is 202 g/mol. The Balaban J connectivity index is 2.40. The number of halogens is 1. The summed E-state index contributed by atoms with van der Waals surface area (Å²) in [6, 6.07) is 4.36. The molecule has 0 spiro atoms. The summed E-state index contributed by atoms with van der Waals surface area (Å²) in [6.07, 6.45) is 2.18. The Morgan fingerprint density at radius 3 is 2.62 bits per heavy atom. The van der Waals surface area contributed by atoms with Crippen molar-refractivity contribution in [2.45, 2.75) is 32.7 Å². The SMILES string of the molecule is CC(N)CC(C)Cc1ccc(Cl)s1. The van der Waals surface area contributed by atoms with Crippen LogP contribution in [0.4, 0.5) is 0 Å². The van der Waals surface area contributed by atoms with Crippen molar-refractivity contribution in [3.05, 3.63) is 21.3 Å². The zero-order valence-electron chi connectivity index (χ0n) is 8.09. The van der Waals surface area contributed by atoms with Gasteiger partial charge in [-0.25, -0.2) is 0 Å². The lowest BCUT2D eigenvalue weighted by molar-refractivity contribution is 0.482. The van der Waals surface area contributed by atoms with Crippen molar-refractivity contribution >= 4 is 22.9 Å². The van der Waals surface area contributed by atoms with Gasteiger partial charge in [-0.2, -0.15) is 0 Å². The van der Waals surface area contributed by atoms with Crippen molar-refractivity contribution in [1.82, 2.24) is 0 Å². The van der Waals surface area contributed by atoms with Gasteiger partial charge in [-0.05, 0) is 37.8 Å². The second kappa shape index (κ2) is 4.99. The van der Waals surface area contributed by atoms with Crippen LogP contribution in [0.5, 0.6) is 0 Å². The van der Waals surface area contributed by atoms with Crippen LogP contribution in [0.25, 0.3) is 0 Å². The summed E-state index contributed by atoms with van der Waals surface area (Å²) in [7, 11) is 0. The molecule has 1 aromatic heterocycles. The van der Waals surface area contributed by atoms with Gasteiger partial charge in [0.05, 0.1) is 4.34 Å². The Labute approximate surface area is 88.9 Å². The molecule has 1 heterocycles. The molecule has 0 bridgehead atoms. The quantitative estimate of drug-likeness (QED) is 0.823. The molecule has 0 saturated carbocycles. The van der Waals surface area contributed by atoms with E-state index in [9.17, 15) is 0 Å². The van der Waals surface area contributed by atoms with Crippen molar-refractivity contribution in [3.63, 3.8) is 0 Å². The molecule has 0 aliphatic carbocycles. The molecule has 2 N–H and O–H groups in total. The molecule has 74 valence electrons. The monoisotopic (exact) mass is 217 g/mol. The van der Waals surface area contributed by atoms with E-state index in [-0.39, 0.29) is 0 Å². The molecule has 1 aromatic rings. The summed E-state index contributed by atoms with van der Waals surface area (Å²) < 4.78 is 0.878. The molecule has 1 rings (SSSR count). The average Bonchev–Trinajstić information content (AvgIpc) is 2.33. The molecule has 0 amide bonds. The molecule has 0 fully saturated rings. The zero-order chi connectivity index (χ0) is 9.84. The van der Waals surface area contributed by atoms with Gasteiger partial charge in [-0.15, -0.1) is 11.3 Å². The summed E-state index contributed by atoms with van der Waals surface area (Å²) >= 11 is 7.51. The Morgan fingerprint density at radius 2 is 2.15 bits per heavy atom. The van der Waals surface area contributed by atoms with E-state index in [0.29, 0.717) is 12.0 Å². The number of hydrogen-bond donors (Lipinski definition) is 1. The van der Waals surface area contributed by atoms with E-state index in [1.54, 1.807) is 11.3 Å². The fourth-order valence-electron chi connectivity index (χ4n) is 1.52. The van der Waals surface area contributed by atoms with E-state index >= 15 is 0 Å². The van der Waals surface area contributed by atoms with Crippen molar-refractivity contribution in [2.75, 3.05) is 0 Å². The van der Waals surface area contributed by atoms with E-state index < -0.39 is 0 Å². The van der Waals surface area contributed by atoms with E-state index in [1.165, 1.54) is 4.88 Å². The summed E-state index contributed by atoms with van der Waals surface area (Å²) in [5.41, 5.74) is 5.73. The van der Waals surface area contributed by atoms with E-state index in [0.717, 1.165) is 17.2 Å². The molecular formula is C10H16ClNS. The van der Waals surface area contributed by atoms with Crippen molar-refractivity contribution < 1.29 is 0 Å². The maximum Gasteiger partial charge on any atom is 0.0931 e. The highest BCUT2D eigenvalue weighted by Gasteiger charge is 2.07. The minimum atomic E-state index is 0.297. The van der Waals surface area contributed by atoms with E-state index in [1.807, 2.05) is 6.07 Å². The van der Waals surface area contributed by atoms with Gasteiger partial charge in [0.15, 0.2) is 0 Å². The first-order valence-electron chi connectivity index (χ1n) is 4.57. The zero-order valence-corrected chi connectivity index (χ0v) is 9.66. The predicted octanol–water partition coefficient (Wildman–Crippen LogP) is 3.32. The molecule has 0 aromatic carbocycles. The predicted molar refractivity (Wildman–Crippen MR) is 60.5 cm³/mol. The molecule has 0 aliphatic rings. The van der Waals surface area contributed by atoms with Crippen LogP contribution in [0.15, 0.2) is 12.1 Å². The van der Waals surface area contributed by atoms with Gasteiger partial charge in [0, 0.05) is 10.9 Å². The normalized spacial score (nSPS) is 15.7. The van der Waals surface area contributed by atoms with Crippen LogP contribution in [-0.4, -0.2) is 6.04 Å². The van der Waals surface area contributed by atoms with Crippen LogP contribution in [-0.2, 0) is 6.42 Å². The van der Waals surface area contributed by atoms with Gasteiger partial charge >= 0.3 is 0 Å². The van der Waals surface area contributed by atoms with Gasteiger partial charge in [0.1, 0.15) is 0 Å². The first-order chi connectivity index (χ1) is 6.08. The maximum absolute atomic E-state index is 5.84.